The Bertz CT molecular complexity index is 434. The van der Waals surface area contributed by atoms with Crippen LogP contribution in [-0.4, -0.2) is 5.11 Å². The van der Waals surface area contributed by atoms with Crippen LogP contribution in [0.5, 0.6) is 5.75 Å². The van der Waals surface area contributed by atoms with Gasteiger partial charge >= 0.3 is 0 Å². The molecule has 0 saturated heterocycles. The van der Waals surface area contributed by atoms with Gasteiger partial charge in [0.15, 0.2) is 0 Å². The van der Waals surface area contributed by atoms with Gasteiger partial charge in [-0.15, -0.1) is 0 Å². The Labute approximate surface area is 98.7 Å². The molecule has 2 rings (SSSR count). The van der Waals surface area contributed by atoms with Gasteiger partial charge in [0.1, 0.15) is 11.5 Å². The van der Waals surface area contributed by atoms with E-state index in [-0.39, 0.29) is 5.75 Å². The predicted molar refractivity (Wildman–Crippen MR) is 62.4 cm³/mol. The summed E-state index contributed by atoms with van der Waals surface area (Å²) >= 11 is 5.97. The van der Waals surface area contributed by atoms with E-state index in [1.165, 1.54) is 0 Å². The van der Waals surface area contributed by atoms with Gasteiger partial charge in [-0.1, -0.05) is 17.7 Å². The topological polar surface area (TPSA) is 45.4 Å². The lowest BCUT2D eigenvalue weighted by molar-refractivity contribution is 0.456. The number of furan rings is 1. The number of hydrogen-bond donors (Lipinski definition) is 2. The zero-order valence-electron chi connectivity index (χ0n) is 8.61. The first kappa shape index (κ1) is 11.0. The molecule has 0 spiro atoms. The van der Waals surface area contributed by atoms with Crippen molar-refractivity contribution in [3.63, 3.8) is 0 Å². The third-order valence-electron chi connectivity index (χ3n) is 2.28. The Balaban J connectivity index is 1.95. The molecule has 0 aliphatic carbocycles. The summed E-state index contributed by atoms with van der Waals surface area (Å²) in [5.41, 5.74) is 0.704. The molecule has 1 heterocycles. The first-order chi connectivity index (χ1) is 7.77. The van der Waals surface area contributed by atoms with E-state index in [1.807, 2.05) is 12.1 Å². The molecule has 1 aromatic carbocycles. The molecule has 0 aliphatic heterocycles. The highest BCUT2D eigenvalue weighted by Gasteiger charge is 2.05. The van der Waals surface area contributed by atoms with Gasteiger partial charge in [0.2, 0.25) is 0 Å². The van der Waals surface area contributed by atoms with Crippen LogP contribution in [0.15, 0.2) is 41.0 Å². The fourth-order valence-electron chi connectivity index (χ4n) is 1.45. The normalized spacial score (nSPS) is 10.6. The summed E-state index contributed by atoms with van der Waals surface area (Å²) in [7, 11) is 0. The number of phenolic OH excluding ortho intramolecular Hbond substituents is 1. The first-order valence-corrected chi connectivity index (χ1v) is 5.34. The number of hydrogen-bond acceptors (Lipinski definition) is 3. The summed E-state index contributed by atoms with van der Waals surface area (Å²) in [6.07, 6.45) is 1.63. The predicted octanol–water partition coefficient (Wildman–Crippen LogP) is 2.93. The van der Waals surface area contributed by atoms with Crippen molar-refractivity contribution in [3.8, 4) is 5.75 Å². The molecule has 0 bridgehead atoms. The van der Waals surface area contributed by atoms with Crippen molar-refractivity contribution < 1.29 is 9.52 Å². The van der Waals surface area contributed by atoms with Crippen LogP contribution in [0.1, 0.15) is 11.3 Å². The third-order valence-corrected chi connectivity index (χ3v) is 2.63. The number of rotatable bonds is 4. The summed E-state index contributed by atoms with van der Waals surface area (Å²) in [6.45, 7) is 1.11. The summed E-state index contributed by atoms with van der Waals surface area (Å²) in [4.78, 5) is 0. The van der Waals surface area contributed by atoms with Crippen LogP contribution < -0.4 is 5.32 Å². The molecule has 0 fully saturated rings. The van der Waals surface area contributed by atoms with E-state index < -0.39 is 0 Å². The van der Waals surface area contributed by atoms with Crippen LogP contribution in [0, 0.1) is 0 Å². The van der Waals surface area contributed by atoms with Gasteiger partial charge < -0.3 is 14.8 Å². The Morgan fingerprint density at radius 1 is 1.19 bits per heavy atom. The maximum absolute atomic E-state index is 9.60. The minimum atomic E-state index is 0.208. The average molecular weight is 238 g/mol. The monoisotopic (exact) mass is 237 g/mol. The van der Waals surface area contributed by atoms with Crippen molar-refractivity contribution in [3.05, 3.63) is 52.9 Å². The lowest BCUT2D eigenvalue weighted by Gasteiger charge is -2.07. The molecule has 1 aromatic heterocycles. The molecule has 0 atom stereocenters. The molecule has 3 nitrogen and oxygen atoms in total. The third kappa shape index (κ3) is 2.56. The second-order valence-electron chi connectivity index (χ2n) is 3.42. The molecule has 2 N–H and O–H groups in total. The van der Waals surface area contributed by atoms with E-state index in [1.54, 1.807) is 24.5 Å². The zero-order chi connectivity index (χ0) is 11.4. The summed E-state index contributed by atoms with van der Waals surface area (Å²) in [6, 6.07) is 8.82. The molecule has 16 heavy (non-hydrogen) atoms. The molecule has 0 radical (unpaired) electrons. The summed E-state index contributed by atoms with van der Waals surface area (Å²) < 4.78 is 5.17. The molecular formula is C12H12ClNO2. The lowest BCUT2D eigenvalue weighted by atomic mass is 10.2. The van der Waals surface area contributed by atoms with Gasteiger partial charge in [0.25, 0.3) is 0 Å². The second kappa shape index (κ2) is 5.05. The van der Waals surface area contributed by atoms with Crippen LogP contribution in [0.2, 0.25) is 5.02 Å². The van der Waals surface area contributed by atoms with E-state index in [2.05, 4.69) is 5.32 Å². The van der Waals surface area contributed by atoms with Crippen molar-refractivity contribution in [1.29, 1.82) is 0 Å². The molecule has 84 valence electrons. The van der Waals surface area contributed by atoms with Crippen LogP contribution in [0.25, 0.3) is 0 Å². The summed E-state index contributed by atoms with van der Waals surface area (Å²) in [5, 5.41) is 13.3. The quantitative estimate of drug-likeness (QED) is 0.860. The fourth-order valence-corrected chi connectivity index (χ4v) is 1.68. The highest BCUT2D eigenvalue weighted by molar-refractivity contribution is 6.31. The van der Waals surface area contributed by atoms with Crippen LogP contribution in [-0.2, 0) is 13.1 Å². The maximum Gasteiger partial charge on any atom is 0.121 e. The highest BCUT2D eigenvalue weighted by atomic mass is 35.5. The van der Waals surface area contributed by atoms with E-state index in [0.717, 1.165) is 5.76 Å². The van der Waals surface area contributed by atoms with Gasteiger partial charge in [-0.3, -0.25) is 0 Å². The molecule has 4 heteroatoms. The van der Waals surface area contributed by atoms with Gasteiger partial charge in [-0.25, -0.2) is 0 Å². The largest absolute Gasteiger partial charge is 0.508 e. The highest BCUT2D eigenvalue weighted by Crippen LogP contribution is 2.24. The Kier molecular flexibility index (Phi) is 3.49. The first-order valence-electron chi connectivity index (χ1n) is 4.97. The van der Waals surface area contributed by atoms with Crippen molar-refractivity contribution in [2.24, 2.45) is 0 Å². The molecule has 0 amide bonds. The second-order valence-corrected chi connectivity index (χ2v) is 3.83. The Hall–Kier alpha value is -1.45. The number of benzene rings is 1. The fraction of sp³-hybridized carbons (Fsp3) is 0.167. The minimum Gasteiger partial charge on any atom is -0.508 e. The number of phenols is 1. The van der Waals surface area contributed by atoms with E-state index >= 15 is 0 Å². The maximum atomic E-state index is 9.60. The van der Waals surface area contributed by atoms with Crippen molar-refractivity contribution in [1.82, 2.24) is 5.32 Å². The number of aromatic hydroxyl groups is 1. The van der Waals surface area contributed by atoms with Crippen molar-refractivity contribution >= 4 is 11.6 Å². The van der Waals surface area contributed by atoms with Gasteiger partial charge in [0, 0.05) is 17.1 Å². The minimum absolute atomic E-state index is 0.208. The average Bonchev–Trinajstić information content (AvgIpc) is 2.75. The molecule has 2 aromatic rings. The van der Waals surface area contributed by atoms with E-state index in [4.69, 9.17) is 16.0 Å². The van der Waals surface area contributed by atoms with Crippen LogP contribution in [0.3, 0.4) is 0 Å². The standard InChI is InChI=1S/C12H12ClNO2/c13-11-4-1-5-12(15)10(11)8-14-7-9-3-2-6-16-9/h1-6,14-15H,7-8H2. The Morgan fingerprint density at radius 2 is 2.06 bits per heavy atom. The van der Waals surface area contributed by atoms with E-state index in [9.17, 15) is 5.11 Å². The van der Waals surface area contributed by atoms with Gasteiger partial charge in [-0.05, 0) is 24.3 Å². The smallest absolute Gasteiger partial charge is 0.121 e. The van der Waals surface area contributed by atoms with E-state index in [0.29, 0.717) is 23.7 Å². The summed E-state index contributed by atoms with van der Waals surface area (Å²) in [5.74, 6) is 1.06. The molecule has 0 unspecified atom stereocenters. The van der Waals surface area contributed by atoms with Crippen molar-refractivity contribution in [2.75, 3.05) is 0 Å². The lowest BCUT2D eigenvalue weighted by Crippen LogP contribution is -2.12. The van der Waals surface area contributed by atoms with Gasteiger partial charge in [0.05, 0.1) is 12.8 Å². The molecular weight excluding hydrogens is 226 g/mol. The van der Waals surface area contributed by atoms with Gasteiger partial charge in [-0.2, -0.15) is 0 Å². The molecule has 0 aliphatic rings. The van der Waals surface area contributed by atoms with Crippen molar-refractivity contribution in [2.45, 2.75) is 13.1 Å². The van der Waals surface area contributed by atoms with Crippen LogP contribution >= 0.6 is 11.6 Å². The molecule has 0 saturated carbocycles. The number of nitrogens with one attached hydrogen (secondary N) is 1. The number of halogens is 1. The SMILES string of the molecule is Oc1cccc(Cl)c1CNCc1ccco1. The Morgan fingerprint density at radius 3 is 2.75 bits per heavy atom. The van der Waals surface area contributed by atoms with Crippen LogP contribution in [0.4, 0.5) is 0 Å². The zero-order valence-corrected chi connectivity index (χ0v) is 9.37.